The smallest absolute Gasteiger partial charge is 0.0181 e. The molecule has 0 aliphatic heterocycles. The van der Waals surface area contributed by atoms with Crippen LogP contribution >= 0.6 is 0 Å². The highest BCUT2D eigenvalue weighted by molar-refractivity contribution is 5.82. The third-order valence-corrected chi connectivity index (χ3v) is 4.59. The first kappa shape index (κ1) is 15.1. The number of rotatable bonds is 7. The van der Waals surface area contributed by atoms with Gasteiger partial charge >= 0.3 is 0 Å². The number of hydrogen-bond donors (Lipinski definition) is 0. The summed E-state index contributed by atoms with van der Waals surface area (Å²) < 4.78 is 0. The Labute approximate surface area is 124 Å². The second kappa shape index (κ2) is 6.92. The molecule has 2 rings (SSSR count). The molecule has 0 spiro atoms. The SMILES string of the molecule is CCC(C)(C)CCCCCc1ccc2ccccc2c1. The van der Waals surface area contributed by atoms with Crippen LogP contribution in [-0.2, 0) is 6.42 Å². The second-order valence-electron chi connectivity index (χ2n) is 6.76. The minimum Gasteiger partial charge on any atom is -0.0649 e. The number of benzene rings is 2. The fourth-order valence-electron chi connectivity index (χ4n) is 2.68. The normalized spacial score (nSPS) is 11.9. The molecule has 0 heteroatoms. The Kier molecular flexibility index (Phi) is 5.23. The van der Waals surface area contributed by atoms with Crippen molar-refractivity contribution < 1.29 is 0 Å². The van der Waals surface area contributed by atoms with E-state index in [1.54, 1.807) is 0 Å². The van der Waals surface area contributed by atoms with Gasteiger partial charge in [0.05, 0.1) is 0 Å². The van der Waals surface area contributed by atoms with Crippen LogP contribution in [-0.4, -0.2) is 0 Å². The highest BCUT2D eigenvalue weighted by atomic mass is 14.2. The Morgan fingerprint density at radius 1 is 0.850 bits per heavy atom. The van der Waals surface area contributed by atoms with Gasteiger partial charge in [0.2, 0.25) is 0 Å². The first-order valence-corrected chi connectivity index (χ1v) is 8.08. The zero-order chi connectivity index (χ0) is 14.4. The van der Waals surface area contributed by atoms with Crippen molar-refractivity contribution in [2.75, 3.05) is 0 Å². The lowest BCUT2D eigenvalue weighted by Gasteiger charge is -2.22. The molecule has 0 amide bonds. The van der Waals surface area contributed by atoms with Gasteiger partial charge < -0.3 is 0 Å². The molecule has 0 heterocycles. The van der Waals surface area contributed by atoms with Gasteiger partial charge in [-0.15, -0.1) is 0 Å². The lowest BCUT2D eigenvalue weighted by atomic mass is 9.84. The zero-order valence-electron chi connectivity index (χ0n) is 13.3. The Hall–Kier alpha value is -1.30. The molecule has 0 bridgehead atoms. The zero-order valence-corrected chi connectivity index (χ0v) is 13.3. The van der Waals surface area contributed by atoms with E-state index in [2.05, 4.69) is 63.2 Å². The number of fused-ring (bicyclic) bond motifs is 1. The topological polar surface area (TPSA) is 0 Å². The summed E-state index contributed by atoms with van der Waals surface area (Å²) in [6.07, 6.45) is 7.92. The Morgan fingerprint density at radius 3 is 2.35 bits per heavy atom. The van der Waals surface area contributed by atoms with E-state index in [4.69, 9.17) is 0 Å². The Morgan fingerprint density at radius 2 is 1.60 bits per heavy atom. The minimum atomic E-state index is 0.531. The molecule has 0 atom stereocenters. The molecule has 108 valence electrons. The first-order chi connectivity index (χ1) is 9.61. The maximum Gasteiger partial charge on any atom is -0.0181 e. The Balaban J connectivity index is 1.78. The van der Waals surface area contributed by atoms with Crippen molar-refractivity contribution in [1.29, 1.82) is 0 Å². The van der Waals surface area contributed by atoms with Crippen molar-refractivity contribution in [2.24, 2.45) is 5.41 Å². The predicted octanol–water partition coefficient (Wildman–Crippen LogP) is 6.38. The highest BCUT2D eigenvalue weighted by Gasteiger charge is 2.13. The van der Waals surface area contributed by atoms with Crippen LogP contribution in [0.15, 0.2) is 42.5 Å². The van der Waals surface area contributed by atoms with Crippen molar-refractivity contribution in [2.45, 2.75) is 59.3 Å². The van der Waals surface area contributed by atoms with Gasteiger partial charge in [-0.1, -0.05) is 82.5 Å². The molecule has 0 aliphatic carbocycles. The molecule has 2 aromatic carbocycles. The quantitative estimate of drug-likeness (QED) is 0.511. The molecule has 0 saturated heterocycles. The summed E-state index contributed by atoms with van der Waals surface area (Å²) in [5, 5.41) is 2.72. The Bertz CT molecular complexity index is 536. The fraction of sp³-hybridized carbons (Fsp3) is 0.500. The van der Waals surface area contributed by atoms with Crippen LogP contribution in [0.4, 0.5) is 0 Å². The lowest BCUT2D eigenvalue weighted by molar-refractivity contribution is 0.308. The highest BCUT2D eigenvalue weighted by Crippen LogP contribution is 2.27. The van der Waals surface area contributed by atoms with Crippen LogP contribution < -0.4 is 0 Å². The number of hydrogen-bond acceptors (Lipinski definition) is 0. The van der Waals surface area contributed by atoms with E-state index in [1.165, 1.54) is 54.9 Å². The van der Waals surface area contributed by atoms with Crippen molar-refractivity contribution in [3.05, 3.63) is 48.0 Å². The van der Waals surface area contributed by atoms with Crippen molar-refractivity contribution in [3.8, 4) is 0 Å². The molecular weight excluding hydrogens is 240 g/mol. The summed E-state index contributed by atoms with van der Waals surface area (Å²) in [7, 11) is 0. The summed E-state index contributed by atoms with van der Waals surface area (Å²) in [6.45, 7) is 7.07. The predicted molar refractivity (Wildman–Crippen MR) is 90.2 cm³/mol. The minimum absolute atomic E-state index is 0.531. The van der Waals surface area contributed by atoms with Crippen LogP contribution in [0, 0.1) is 5.41 Å². The largest absolute Gasteiger partial charge is 0.0649 e. The number of aryl methyl sites for hydroxylation is 1. The van der Waals surface area contributed by atoms with Crippen LogP contribution in [0.1, 0.15) is 58.4 Å². The van der Waals surface area contributed by atoms with Crippen molar-refractivity contribution >= 4 is 10.8 Å². The van der Waals surface area contributed by atoms with Crippen LogP contribution in [0.5, 0.6) is 0 Å². The van der Waals surface area contributed by atoms with Gasteiger partial charge in [-0.3, -0.25) is 0 Å². The molecule has 0 fully saturated rings. The standard InChI is InChI=1S/C20H28/c1-4-20(2,3)15-9-5-6-10-17-13-14-18-11-7-8-12-19(18)16-17/h7-8,11-14,16H,4-6,9-10,15H2,1-3H3. The second-order valence-corrected chi connectivity index (χ2v) is 6.76. The molecule has 0 N–H and O–H groups in total. The van der Waals surface area contributed by atoms with Gasteiger partial charge in [0.1, 0.15) is 0 Å². The molecule has 0 aromatic heterocycles. The van der Waals surface area contributed by atoms with Crippen molar-refractivity contribution in [3.63, 3.8) is 0 Å². The maximum atomic E-state index is 2.39. The summed E-state index contributed by atoms with van der Waals surface area (Å²) in [5.41, 5.74) is 2.02. The summed E-state index contributed by atoms with van der Waals surface area (Å²) in [4.78, 5) is 0. The molecule has 0 radical (unpaired) electrons. The van der Waals surface area contributed by atoms with Gasteiger partial charge in [0.25, 0.3) is 0 Å². The van der Waals surface area contributed by atoms with Crippen LogP contribution in [0.2, 0.25) is 0 Å². The summed E-state index contributed by atoms with van der Waals surface area (Å²) >= 11 is 0. The van der Waals surface area contributed by atoms with E-state index < -0.39 is 0 Å². The summed E-state index contributed by atoms with van der Waals surface area (Å²) in [6, 6.07) is 15.5. The molecule has 0 saturated carbocycles. The van der Waals surface area contributed by atoms with Gasteiger partial charge in [0, 0.05) is 0 Å². The summed E-state index contributed by atoms with van der Waals surface area (Å²) in [5.74, 6) is 0. The van der Waals surface area contributed by atoms with E-state index >= 15 is 0 Å². The van der Waals surface area contributed by atoms with E-state index in [-0.39, 0.29) is 0 Å². The molecule has 0 aliphatic rings. The third-order valence-electron chi connectivity index (χ3n) is 4.59. The third kappa shape index (κ3) is 4.37. The molecule has 0 unspecified atom stereocenters. The molecular formula is C20H28. The average Bonchev–Trinajstić information content (AvgIpc) is 2.46. The molecule has 0 nitrogen and oxygen atoms in total. The van der Waals surface area contributed by atoms with E-state index in [1.807, 2.05) is 0 Å². The van der Waals surface area contributed by atoms with Crippen molar-refractivity contribution in [1.82, 2.24) is 0 Å². The molecule has 20 heavy (non-hydrogen) atoms. The maximum absolute atomic E-state index is 2.39. The van der Waals surface area contributed by atoms with E-state index in [9.17, 15) is 0 Å². The molecule has 2 aromatic rings. The van der Waals surface area contributed by atoms with Gasteiger partial charge in [-0.25, -0.2) is 0 Å². The van der Waals surface area contributed by atoms with E-state index in [0.29, 0.717) is 5.41 Å². The lowest BCUT2D eigenvalue weighted by Crippen LogP contribution is -2.08. The number of unbranched alkanes of at least 4 members (excludes halogenated alkanes) is 2. The van der Waals surface area contributed by atoms with Gasteiger partial charge in [0.15, 0.2) is 0 Å². The van der Waals surface area contributed by atoms with Crippen LogP contribution in [0.25, 0.3) is 10.8 Å². The first-order valence-electron chi connectivity index (χ1n) is 8.08. The fourth-order valence-corrected chi connectivity index (χ4v) is 2.68. The van der Waals surface area contributed by atoms with Gasteiger partial charge in [-0.05, 0) is 41.0 Å². The monoisotopic (exact) mass is 268 g/mol. The van der Waals surface area contributed by atoms with Crippen LogP contribution in [0.3, 0.4) is 0 Å². The van der Waals surface area contributed by atoms with E-state index in [0.717, 1.165) is 0 Å². The average molecular weight is 268 g/mol. The van der Waals surface area contributed by atoms with Gasteiger partial charge in [-0.2, -0.15) is 0 Å².